The molecule has 4 rings (SSSR count). The van der Waals surface area contributed by atoms with Crippen LogP contribution < -0.4 is 15.0 Å². The van der Waals surface area contributed by atoms with Gasteiger partial charge in [0, 0.05) is 12.2 Å². The van der Waals surface area contributed by atoms with Crippen LogP contribution in [0.2, 0.25) is 0 Å². The number of carbonyl (C=O) groups excluding carboxylic acids is 3. The molecule has 1 aliphatic heterocycles. The Bertz CT molecular complexity index is 1210. The molecule has 8 heteroatoms. The molecule has 1 fully saturated rings. The Hall–Kier alpha value is -4.20. The number of methoxy groups -OCH3 is 1. The monoisotopic (exact) mass is 475 g/mol. The van der Waals surface area contributed by atoms with Crippen LogP contribution in [0, 0.1) is 12.7 Å². The quantitative estimate of drug-likeness (QED) is 0.485. The van der Waals surface area contributed by atoms with Crippen molar-refractivity contribution in [3.63, 3.8) is 0 Å². The summed E-state index contributed by atoms with van der Waals surface area (Å²) < 4.78 is 18.4. The number of benzene rings is 3. The Balaban J connectivity index is 1.54. The number of halogens is 1. The zero-order valence-electron chi connectivity index (χ0n) is 19.5. The first-order chi connectivity index (χ1) is 16.9. The zero-order chi connectivity index (χ0) is 24.9. The van der Waals surface area contributed by atoms with E-state index in [4.69, 9.17) is 4.74 Å². The van der Waals surface area contributed by atoms with E-state index in [1.807, 2.05) is 43.3 Å². The lowest BCUT2D eigenvalue weighted by molar-refractivity contribution is -0.124. The van der Waals surface area contributed by atoms with Crippen molar-refractivity contribution in [2.75, 3.05) is 23.9 Å². The molecule has 1 saturated heterocycles. The normalized spacial score (nSPS) is 15.5. The van der Waals surface area contributed by atoms with Gasteiger partial charge in [0.25, 0.3) is 5.91 Å². The number of amides is 4. The second-order valence-corrected chi connectivity index (χ2v) is 8.36. The zero-order valence-corrected chi connectivity index (χ0v) is 19.5. The number of nitrogens with one attached hydrogen (secondary N) is 1. The molecule has 1 atom stereocenters. The van der Waals surface area contributed by atoms with Crippen LogP contribution in [0.3, 0.4) is 0 Å². The summed E-state index contributed by atoms with van der Waals surface area (Å²) in [4.78, 5) is 42.0. The van der Waals surface area contributed by atoms with Gasteiger partial charge in [-0.05, 0) is 67.4 Å². The fourth-order valence-electron chi connectivity index (χ4n) is 3.98. The van der Waals surface area contributed by atoms with E-state index in [0.29, 0.717) is 17.8 Å². The molecular formula is C27H26FN3O4. The van der Waals surface area contributed by atoms with E-state index >= 15 is 0 Å². The average Bonchev–Trinajstić information content (AvgIpc) is 3.08. The van der Waals surface area contributed by atoms with Gasteiger partial charge in [-0.2, -0.15) is 0 Å². The van der Waals surface area contributed by atoms with Crippen molar-refractivity contribution in [2.24, 2.45) is 0 Å². The van der Waals surface area contributed by atoms with Gasteiger partial charge in [0.1, 0.15) is 17.6 Å². The van der Waals surface area contributed by atoms with E-state index in [1.165, 1.54) is 29.2 Å². The van der Waals surface area contributed by atoms with Gasteiger partial charge in [0.15, 0.2) is 0 Å². The van der Waals surface area contributed by atoms with Gasteiger partial charge in [-0.1, -0.05) is 29.8 Å². The van der Waals surface area contributed by atoms with Crippen molar-refractivity contribution in [2.45, 2.75) is 25.8 Å². The first-order valence-corrected chi connectivity index (χ1v) is 11.3. The summed E-state index contributed by atoms with van der Waals surface area (Å²) in [6, 6.07) is 18.5. The molecule has 0 aliphatic carbocycles. The topological polar surface area (TPSA) is 79.0 Å². The fourth-order valence-corrected chi connectivity index (χ4v) is 3.98. The van der Waals surface area contributed by atoms with Gasteiger partial charge < -0.3 is 15.0 Å². The SMILES string of the molecule is COc1ccc(CCN2C(=O)N(c3ccc(C)cc3)C(=O)C2CC(=O)Nc2ccc(F)cc2)cc1. The predicted octanol–water partition coefficient (Wildman–Crippen LogP) is 4.55. The van der Waals surface area contributed by atoms with Gasteiger partial charge >= 0.3 is 6.03 Å². The first-order valence-electron chi connectivity index (χ1n) is 11.3. The Kier molecular flexibility index (Phi) is 7.10. The van der Waals surface area contributed by atoms with Crippen molar-refractivity contribution in [3.8, 4) is 5.75 Å². The third-order valence-corrected chi connectivity index (χ3v) is 5.92. The van der Waals surface area contributed by atoms with E-state index in [1.54, 1.807) is 19.2 Å². The lowest BCUT2D eigenvalue weighted by Gasteiger charge is -2.21. The van der Waals surface area contributed by atoms with E-state index < -0.39 is 29.7 Å². The van der Waals surface area contributed by atoms with Crippen LogP contribution >= 0.6 is 0 Å². The summed E-state index contributed by atoms with van der Waals surface area (Å²) in [6.45, 7) is 2.18. The molecule has 1 unspecified atom stereocenters. The smallest absolute Gasteiger partial charge is 0.332 e. The van der Waals surface area contributed by atoms with Gasteiger partial charge in [-0.25, -0.2) is 14.1 Å². The van der Waals surface area contributed by atoms with Crippen LogP contribution in [-0.2, 0) is 16.0 Å². The Morgan fingerprint density at radius 3 is 2.26 bits per heavy atom. The molecule has 0 spiro atoms. The van der Waals surface area contributed by atoms with E-state index in [0.717, 1.165) is 21.8 Å². The number of imide groups is 1. The van der Waals surface area contributed by atoms with Gasteiger partial charge in [0.2, 0.25) is 5.91 Å². The standard InChI is InChI=1S/C27H26FN3O4/c1-18-3-11-22(12-4-18)31-26(33)24(17-25(32)29-21-9-7-20(28)8-10-21)30(27(31)34)16-15-19-5-13-23(35-2)14-6-19/h3-14,24H,15-17H2,1-2H3,(H,29,32). The lowest BCUT2D eigenvalue weighted by Crippen LogP contribution is -2.39. The van der Waals surface area contributed by atoms with Gasteiger partial charge in [-0.15, -0.1) is 0 Å². The molecule has 0 radical (unpaired) electrons. The number of rotatable bonds is 8. The highest BCUT2D eigenvalue weighted by molar-refractivity contribution is 6.22. The maximum Gasteiger partial charge on any atom is 0.332 e. The molecule has 0 saturated carbocycles. The Morgan fingerprint density at radius 1 is 0.971 bits per heavy atom. The molecule has 35 heavy (non-hydrogen) atoms. The maximum atomic E-state index is 13.4. The summed E-state index contributed by atoms with van der Waals surface area (Å²) in [6.07, 6.45) is 0.285. The maximum absolute atomic E-state index is 13.4. The van der Waals surface area contributed by atoms with Crippen LogP contribution in [0.25, 0.3) is 0 Å². The van der Waals surface area contributed by atoms with Crippen molar-refractivity contribution in [1.29, 1.82) is 0 Å². The van der Waals surface area contributed by atoms with Gasteiger partial charge in [0.05, 0.1) is 19.2 Å². The van der Waals surface area contributed by atoms with Crippen LogP contribution in [0.5, 0.6) is 5.75 Å². The summed E-state index contributed by atoms with van der Waals surface area (Å²) >= 11 is 0. The second-order valence-electron chi connectivity index (χ2n) is 8.36. The average molecular weight is 476 g/mol. The molecule has 180 valence electrons. The molecule has 1 aliphatic rings. The highest BCUT2D eigenvalue weighted by Gasteiger charge is 2.46. The number of anilines is 2. The van der Waals surface area contributed by atoms with E-state index in [2.05, 4.69) is 5.32 Å². The Labute approximate surface area is 203 Å². The van der Waals surface area contributed by atoms with E-state index in [-0.39, 0.29) is 13.0 Å². The van der Waals surface area contributed by atoms with Crippen LogP contribution in [-0.4, -0.2) is 42.4 Å². The number of hydrogen-bond acceptors (Lipinski definition) is 4. The van der Waals surface area contributed by atoms with Gasteiger partial charge in [-0.3, -0.25) is 9.59 Å². The first kappa shape index (κ1) is 23.9. The molecule has 3 aromatic carbocycles. The molecule has 0 bridgehead atoms. The third kappa shape index (κ3) is 5.48. The highest BCUT2D eigenvalue weighted by Crippen LogP contribution is 2.28. The molecular weight excluding hydrogens is 449 g/mol. The number of hydrogen-bond donors (Lipinski definition) is 1. The third-order valence-electron chi connectivity index (χ3n) is 5.92. The summed E-state index contributed by atoms with van der Waals surface area (Å²) in [5.74, 6) is -0.592. The number of urea groups is 1. The minimum atomic E-state index is -0.956. The van der Waals surface area contributed by atoms with Crippen molar-refractivity contribution in [1.82, 2.24) is 4.90 Å². The summed E-state index contributed by atoms with van der Waals surface area (Å²) in [5.41, 5.74) is 2.84. The number of nitrogens with zero attached hydrogens (tertiary/aromatic N) is 2. The van der Waals surface area contributed by atoms with E-state index in [9.17, 15) is 18.8 Å². The highest BCUT2D eigenvalue weighted by atomic mass is 19.1. The molecule has 0 aromatic heterocycles. The molecule has 1 heterocycles. The summed E-state index contributed by atoms with van der Waals surface area (Å²) in [5, 5.41) is 2.67. The number of ether oxygens (including phenoxy) is 1. The minimum Gasteiger partial charge on any atom is -0.497 e. The van der Waals surface area contributed by atoms with Crippen LogP contribution in [0.15, 0.2) is 72.8 Å². The molecule has 4 amide bonds. The molecule has 1 N–H and O–H groups in total. The van der Waals surface area contributed by atoms with Crippen molar-refractivity contribution >= 4 is 29.2 Å². The number of aryl methyl sites for hydroxylation is 1. The lowest BCUT2D eigenvalue weighted by atomic mass is 10.1. The van der Waals surface area contributed by atoms with Crippen LogP contribution in [0.4, 0.5) is 20.6 Å². The van der Waals surface area contributed by atoms with Crippen molar-refractivity contribution < 1.29 is 23.5 Å². The molecule has 7 nitrogen and oxygen atoms in total. The fraction of sp³-hybridized carbons (Fsp3) is 0.222. The Morgan fingerprint density at radius 2 is 1.63 bits per heavy atom. The predicted molar refractivity (Wildman–Crippen MR) is 131 cm³/mol. The number of carbonyl (C=O) groups is 3. The van der Waals surface area contributed by atoms with Crippen molar-refractivity contribution in [3.05, 3.63) is 89.7 Å². The minimum absolute atomic E-state index is 0.215. The summed E-state index contributed by atoms with van der Waals surface area (Å²) in [7, 11) is 1.59. The van der Waals surface area contributed by atoms with Crippen LogP contribution in [0.1, 0.15) is 17.5 Å². The molecule has 3 aromatic rings. The largest absolute Gasteiger partial charge is 0.497 e. The second kappa shape index (κ2) is 10.4.